The quantitative estimate of drug-likeness (QED) is 0.426. The van der Waals surface area contributed by atoms with Gasteiger partial charge < -0.3 is 0 Å². The first-order chi connectivity index (χ1) is 5.49. The summed E-state index contributed by atoms with van der Waals surface area (Å²) in [5.74, 6) is 0. The molecule has 0 saturated carbocycles. The van der Waals surface area contributed by atoms with Crippen LogP contribution in [0.5, 0.6) is 0 Å². The van der Waals surface area contributed by atoms with Crippen molar-refractivity contribution in [2.75, 3.05) is 0 Å². The molecule has 0 rings (SSSR count). The molecule has 3 nitrogen and oxygen atoms in total. The maximum atomic E-state index is 10.5. The molecule has 66 valence electrons. The van der Waals surface area contributed by atoms with E-state index in [9.17, 15) is 10.1 Å². The highest BCUT2D eigenvalue weighted by atomic mass is 79.9. The summed E-state index contributed by atoms with van der Waals surface area (Å²) in [6.45, 7) is 6.99. The molecule has 0 aromatic rings. The largest absolute Gasteiger partial charge is 0.283 e. The van der Waals surface area contributed by atoms with Crippen LogP contribution in [0.25, 0.3) is 0 Å². The summed E-state index contributed by atoms with van der Waals surface area (Å²) in [5.41, 5.74) is 0.686. The van der Waals surface area contributed by atoms with E-state index in [2.05, 4.69) is 22.5 Å². The molecule has 0 unspecified atom stereocenters. The minimum atomic E-state index is -0.446. The molecule has 0 radical (unpaired) electrons. The van der Waals surface area contributed by atoms with Crippen LogP contribution in [0.4, 0.5) is 0 Å². The maximum Gasteiger partial charge on any atom is 0.283 e. The predicted octanol–water partition coefficient (Wildman–Crippen LogP) is 3.02. The van der Waals surface area contributed by atoms with Crippen molar-refractivity contribution >= 4 is 15.9 Å². The van der Waals surface area contributed by atoms with Gasteiger partial charge in [0.05, 0.1) is 9.41 Å². The topological polar surface area (TPSA) is 43.1 Å². The summed E-state index contributed by atoms with van der Waals surface area (Å²) in [6.07, 6.45) is 3.04. The average Bonchev–Trinajstić information content (AvgIpc) is 1.98. The Morgan fingerprint density at radius 1 is 1.67 bits per heavy atom. The number of hydrogen-bond donors (Lipinski definition) is 0. The molecule has 0 bridgehead atoms. The monoisotopic (exact) mass is 231 g/mol. The van der Waals surface area contributed by atoms with Crippen molar-refractivity contribution < 1.29 is 4.92 Å². The van der Waals surface area contributed by atoms with Crippen molar-refractivity contribution in [1.82, 2.24) is 0 Å². The second-order valence-corrected chi connectivity index (χ2v) is 3.12. The molecule has 0 atom stereocenters. The van der Waals surface area contributed by atoms with Crippen LogP contribution in [0.3, 0.4) is 0 Å². The Hall–Kier alpha value is -0.900. The number of hydrogen-bond acceptors (Lipinski definition) is 2. The zero-order chi connectivity index (χ0) is 9.72. The summed E-state index contributed by atoms with van der Waals surface area (Å²) < 4.78 is 0.468. The second-order valence-electron chi connectivity index (χ2n) is 2.27. The summed E-state index contributed by atoms with van der Waals surface area (Å²) in [4.78, 5) is 10.0. The van der Waals surface area contributed by atoms with E-state index < -0.39 is 4.92 Å². The van der Waals surface area contributed by atoms with Gasteiger partial charge in [-0.3, -0.25) is 10.1 Å². The van der Waals surface area contributed by atoms with Gasteiger partial charge in [0.2, 0.25) is 0 Å². The van der Waals surface area contributed by atoms with Gasteiger partial charge in [-0.25, -0.2) is 0 Å². The Labute approximate surface area is 79.7 Å². The van der Waals surface area contributed by atoms with Crippen molar-refractivity contribution in [2.24, 2.45) is 0 Å². The van der Waals surface area contributed by atoms with Crippen LogP contribution >= 0.6 is 15.9 Å². The Morgan fingerprint density at radius 2 is 2.17 bits per heavy atom. The van der Waals surface area contributed by atoms with Gasteiger partial charge in [-0.2, -0.15) is 0 Å². The maximum absolute atomic E-state index is 10.5. The van der Waals surface area contributed by atoms with E-state index in [1.165, 1.54) is 6.08 Å². The molecule has 0 fully saturated rings. The Balaban J connectivity index is 4.93. The van der Waals surface area contributed by atoms with E-state index >= 15 is 0 Å². The molecule has 0 aromatic heterocycles. The third kappa shape index (κ3) is 3.48. The molecule has 0 amide bonds. The molecule has 0 heterocycles. The van der Waals surface area contributed by atoms with Gasteiger partial charge in [-0.1, -0.05) is 18.2 Å². The van der Waals surface area contributed by atoms with E-state index in [0.29, 0.717) is 10.1 Å². The van der Waals surface area contributed by atoms with Crippen molar-refractivity contribution in [3.05, 3.63) is 44.6 Å². The molecule has 0 N–H and O–H groups in total. The molecule has 0 aliphatic rings. The number of nitrogens with zero attached hydrogens (tertiary/aromatic N) is 1. The summed E-state index contributed by atoms with van der Waals surface area (Å²) >= 11 is 3.08. The molecule has 0 saturated heterocycles. The predicted molar refractivity (Wildman–Crippen MR) is 52.6 cm³/mol. The average molecular weight is 232 g/mol. The van der Waals surface area contributed by atoms with Gasteiger partial charge in [0, 0.05) is 6.08 Å². The van der Waals surface area contributed by atoms with Crippen LogP contribution < -0.4 is 0 Å². The van der Waals surface area contributed by atoms with E-state index in [1.54, 1.807) is 19.9 Å². The van der Waals surface area contributed by atoms with Crippen LogP contribution in [0.1, 0.15) is 13.8 Å². The van der Waals surface area contributed by atoms with Crippen molar-refractivity contribution in [3.63, 3.8) is 0 Å². The summed E-state index contributed by atoms with van der Waals surface area (Å²) in [6, 6.07) is 0. The molecule has 0 aromatic carbocycles. The third-order valence-corrected chi connectivity index (χ3v) is 1.94. The Bertz CT molecular complexity index is 266. The molecular formula is C8H10BrNO2. The first-order valence-electron chi connectivity index (χ1n) is 3.32. The lowest BCUT2D eigenvalue weighted by Gasteiger charge is -1.95. The van der Waals surface area contributed by atoms with Crippen LogP contribution in [-0.2, 0) is 0 Å². The second kappa shape index (κ2) is 4.87. The molecule has 0 aliphatic carbocycles. The Morgan fingerprint density at radius 3 is 2.42 bits per heavy atom. The first-order valence-corrected chi connectivity index (χ1v) is 4.12. The van der Waals surface area contributed by atoms with Crippen LogP contribution in [-0.4, -0.2) is 4.92 Å². The number of rotatable bonds is 3. The van der Waals surface area contributed by atoms with Crippen molar-refractivity contribution in [2.45, 2.75) is 13.8 Å². The molecular weight excluding hydrogens is 222 g/mol. The SMILES string of the molecule is C=C(C)/C=C(\C(Br)=C/C)[N+](=O)[O-]. The Kier molecular flexibility index (Phi) is 4.51. The third-order valence-electron chi connectivity index (χ3n) is 1.08. The molecule has 12 heavy (non-hydrogen) atoms. The number of nitro groups is 1. The van der Waals surface area contributed by atoms with Gasteiger partial charge in [-0.15, -0.1) is 0 Å². The normalized spacial score (nSPS) is 12.9. The fourth-order valence-electron chi connectivity index (χ4n) is 0.590. The van der Waals surface area contributed by atoms with E-state index in [1.807, 2.05) is 0 Å². The number of allylic oxidation sites excluding steroid dienone is 4. The van der Waals surface area contributed by atoms with Crippen LogP contribution in [0.2, 0.25) is 0 Å². The van der Waals surface area contributed by atoms with Crippen molar-refractivity contribution in [1.29, 1.82) is 0 Å². The zero-order valence-electron chi connectivity index (χ0n) is 7.00. The van der Waals surface area contributed by atoms with E-state index in [4.69, 9.17) is 0 Å². The smallest absolute Gasteiger partial charge is 0.258 e. The lowest BCUT2D eigenvalue weighted by Crippen LogP contribution is -1.98. The molecule has 0 aliphatic heterocycles. The van der Waals surface area contributed by atoms with Gasteiger partial charge in [0.15, 0.2) is 0 Å². The van der Waals surface area contributed by atoms with Gasteiger partial charge >= 0.3 is 0 Å². The van der Waals surface area contributed by atoms with Crippen LogP contribution in [0.15, 0.2) is 34.5 Å². The molecule has 0 spiro atoms. The minimum absolute atomic E-state index is 0.0324. The summed E-state index contributed by atoms with van der Waals surface area (Å²) in [5, 5.41) is 10.5. The van der Waals surface area contributed by atoms with Crippen molar-refractivity contribution in [3.8, 4) is 0 Å². The fraction of sp³-hybridized carbons (Fsp3) is 0.250. The van der Waals surface area contributed by atoms with Gasteiger partial charge in [0.1, 0.15) is 0 Å². The highest BCUT2D eigenvalue weighted by Gasteiger charge is 2.12. The highest BCUT2D eigenvalue weighted by Crippen LogP contribution is 2.18. The summed E-state index contributed by atoms with van der Waals surface area (Å²) in [7, 11) is 0. The van der Waals surface area contributed by atoms with Gasteiger partial charge in [-0.05, 0) is 29.8 Å². The fourth-order valence-corrected chi connectivity index (χ4v) is 0.849. The first kappa shape index (κ1) is 11.1. The lowest BCUT2D eigenvalue weighted by molar-refractivity contribution is -0.419. The van der Waals surface area contributed by atoms with Gasteiger partial charge in [0.25, 0.3) is 5.70 Å². The number of halogens is 1. The van der Waals surface area contributed by atoms with E-state index in [0.717, 1.165) is 0 Å². The standard InChI is InChI=1S/C8H10BrNO2/c1-4-7(9)8(10(11)12)5-6(2)3/h4-5H,2H2,1,3H3/b7-4+,8-5+. The minimum Gasteiger partial charge on any atom is -0.258 e. The zero-order valence-corrected chi connectivity index (χ0v) is 8.59. The highest BCUT2D eigenvalue weighted by molar-refractivity contribution is 9.11. The lowest BCUT2D eigenvalue weighted by atomic mass is 10.2. The van der Waals surface area contributed by atoms with E-state index in [-0.39, 0.29) is 5.70 Å². The molecule has 4 heteroatoms. The van der Waals surface area contributed by atoms with Crippen LogP contribution in [0, 0.1) is 10.1 Å².